The summed E-state index contributed by atoms with van der Waals surface area (Å²) in [5.41, 5.74) is 0.158. The van der Waals surface area contributed by atoms with Crippen LogP contribution in [-0.2, 0) is 53.0 Å². The third-order valence-corrected chi connectivity index (χ3v) is 6.99. The molecule has 0 saturated carbocycles. The SMILES string of the molecule is CC(C(=O)O)N(Cc1cc(O)c(CO)cc1O)C(CO)C(CO)N(Cc1cc(CO)c(O)cc1O)C(C)C(=O)O.[Fe+2]. The molecule has 0 radical (unpaired) electrons. The van der Waals surface area contributed by atoms with Crippen LogP contribution >= 0.6 is 0 Å². The van der Waals surface area contributed by atoms with Crippen LogP contribution in [0.2, 0.25) is 0 Å². The number of carboxylic acid groups (broad SMARTS) is 2. The fourth-order valence-electron chi connectivity index (χ4n) is 4.50. The van der Waals surface area contributed by atoms with Crippen molar-refractivity contribution in [1.29, 1.82) is 0 Å². The van der Waals surface area contributed by atoms with Crippen molar-refractivity contribution in [1.82, 2.24) is 9.80 Å². The summed E-state index contributed by atoms with van der Waals surface area (Å²) in [7, 11) is 0. The molecule has 10 N–H and O–H groups in total. The molecular weight excluding hydrogens is 588 g/mol. The molecule has 15 heteroatoms. The summed E-state index contributed by atoms with van der Waals surface area (Å²) in [5.74, 6) is -4.27. The van der Waals surface area contributed by atoms with Crippen LogP contribution in [0.3, 0.4) is 0 Å². The van der Waals surface area contributed by atoms with Gasteiger partial charge in [0.05, 0.1) is 38.5 Å². The molecular formula is C26H36FeN2O12+2. The predicted molar refractivity (Wildman–Crippen MR) is 138 cm³/mol. The fourth-order valence-corrected chi connectivity index (χ4v) is 4.50. The largest absolute Gasteiger partial charge is 2.00 e. The zero-order chi connectivity index (χ0) is 30.3. The maximum Gasteiger partial charge on any atom is 2.00 e. The Hall–Kier alpha value is -3.14. The zero-order valence-electron chi connectivity index (χ0n) is 22.4. The van der Waals surface area contributed by atoms with Gasteiger partial charge in [-0.15, -0.1) is 0 Å². The number of phenols is 4. The first-order valence-electron chi connectivity index (χ1n) is 12.3. The Morgan fingerprint density at radius 3 is 1.32 bits per heavy atom. The Labute approximate surface area is 246 Å². The van der Waals surface area contributed by atoms with Gasteiger partial charge in [-0.1, -0.05) is 0 Å². The average molecular weight is 624 g/mol. The molecule has 0 aliphatic heterocycles. The molecule has 0 heterocycles. The minimum atomic E-state index is -1.35. The van der Waals surface area contributed by atoms with Gasteiger partial charge < -0.3 is 51.1 Å². The molecule has 0 aromatic heterocycles. The number of carbonyl (C=O) groups is 2. The van der Waals surface area contributed by atoms with Crippen molar-refractivity contribution in [3.8, 4) is 23.0 Å². The van der Waals surface area contributed by atoms with Crippen LogP contribution in [0.5, 0.6) is 23.0 Å². The monoisotopic (exact) mass is 624 g/mol. The van der Waals surface area contributed by atoms with E-state index in [0.29, 0.717) is 0 Å². The van der Waals surface area contributed by atoms with Gasteiger partial charge in [0.2, 0.25) is 0 Å². The number of aliphatic hydroxyl groups is 4. The molecule has 0 spiro atoms. The van der Waals surface area contributed by atoms with Crippen LogP contribution in [0.1, 0.15) is 36.1 Å². The summed E-state index contributed by atoms with van der Waals surface area (Å²) >= 11 is 0. The normalized spacial score (nSPS) is 14.3. The van der Waals surface area contributed by atoms with Crippen molar-refractivity contribution >= 4 is 11.9 Å². The third-order valence-electron chi connectivity index (χ3n) is 6.99. The van der Waals surface area contributed by atoms with Crippen LogP contribution in [-0.4, -0.2) is 110 Å². The predicted octanol–water partition coefficient (Wildman–Crippen LogP) is -0.537. The summed E-state index contributed by atoms with van der Waals surface area (Å²) in [6, 6.07) is -0.813. The molecule has 228 valence electrons. The van der Waals surface area contributed by atoms with Gasteiger partial charge in [0.1, 0.15) is 35.1 Å². The van der Waals surface area contributed by atoms with Crippen LogP contribution in [0.4, 0.5) is 0 Å². The summed E-state index contributed by atoms with van der Waals surface area (Å²) in [5, 5.41) is 100. The second kappa shape index (κ2) is 15.7. The molecule has 0 amide bonds. The minimum absolute atomic E-state index is 0. The summed E-state index contributed by atoms with van der Waals surface area (Å²) in [6.45, 7) is -0.907. The van der Waals surface area contributed by atoms with Crippen molar-refractivity contribution in [2.75, 3.05) is 13.2 Å². The molecule has 41 heavy (non-hydrogen) atoms. The average Bonchev–Trinajstić information content (AvgIpc) is 2.91. The van der Waals surface area contributed by atoms with Crippen LogP contribution < -0.4 is 0 Å². The van der Waals surface area contributed by atoms with Crippen molar-refractivity contribution in [2.24, 2.45) is 0 Å². The first-order valence-corrected chi connectivity index (χ1v) is 12.3. The van der Waals surface area contributed by atoms with Crippen molar-refractivity contribution in [3.05, 3.63) is 46.5 Å². The second-order valence-electron chi connectivity index (χ2n) is 9.41. The van der Waals surface area contributed by atoms with Gasteiger partial charge in [-0.2, -0.15) is 0 Å². The first kappa shape index (κ1) is 35.9. The maximum atomic E-state index is 12.1. The summed E-state index contributed by atoms with van der Waals surface area (Å²) in [4.78, 5) is 26.5. The molecule has 0 fully saturated rings. The topological polar surface area (TPSA) is 243 Å². The Balaban J connectivity index is 0.00000840. The van der Waals surface area contributed by atoms with Gasteiger partial charge in [0.15, 0.2) is 0 Å². The van der Waals surface area contributed by atoms with E-state index >= 15 is 0 Å². The maximum absolute atomic E-state index is 12.1. The number of phenolic OH excluding ortho intramolecular Hbond substituents is 2. The van der Waals surface area contributed by atoms with Crippen molar-refractivity contribution in [2.45, 2.75) is 64.3 Å². The minimum Gasteiger partial charge on any atom is -0.508 e. The number of hydrogen-bond donors (Lipinski definition) is 10. The van der Waals surface area contributed by atoms with E-state index in [1.54, 1.807) is 0 Å². The smallest absolute Gasteiger partial charge is 0.508 e. The number of aliphatic carboxylic acids is 2. The van der Waals surface area contributed by atoms with Gasteiger partial charge in [-0.25, -0.2) is 0 Å². The number of hydrogen-bond acceptors (Lipinski definition) is 12. The molecule has 2 aromatic rings. The Morgan fingerprint density at radius 2 is 0.927 bits per heavy atom. The van der Waals surface area contributed by atoms with Crippen LogP contribution in [0.25, 0.3) is 0 Å². The van der Waals surface area contributed by atoms with Crippen LogP contribution in [0.15, 0.2) is 24.3 Å². The van der Waals surface area contributed by atoms with Gasteiger partial charge in [0.25, 0.3) is 0 Å². The summed E-state index contributed by atoms with van der Waals surface area (Å²) in [6.07, 6.45) is 0. The number of nitrogens with zero attached hydrogens (tertiary/aromatic N) is 2. The molecule has 0 bridgehead atoms. The van der Waals surface area contributed by atoms with E-state index < -0.39 is 74.0 Å². The standard InChI is InChI=1S/C26H36N2O12.Fe/c1-13(25(37)38)27(7-15-3-17(9-29)24(36)6-23(15)35)19(11-31)20(12-32)28(14(2)26(39)40)8-16-4-22(34)18(10-30)5-21(16)33;/h3-6,13-14,19-20,29-36H,7-12H2,1-2H3,(H,37,38)(H,39,40);/q;+2. The van der Waals surface area contributed by atoms with E-state index in [1.165, 1.54) is 29.7 Å². The number of rotatable bonds is 15. The van der Waals surface area contributed by atoms with Gasteiger partial charge in [0, 0.05) is 41.4 Å². The van der Waals surface area contributed by atoms with E-state index in [2.05, 4.69) is 0 Å². The number of aromatic hydroxyl groups is 4. The molecule has 2 aromatic carbocycles. The van der Waals surface area contributed by atoms with E-state index in [0.717, 1.165) is 18.2 Å². The van der Waals surface area contributed by atoms with E-state index in [-0.39, 0.29) is 63.9 Å². The van der Waals surface area contributed by atoms with Gasteiger partial charge in [-0.05, 0) is 32.0 Å². The Bertz CT molecular complexity index is 1200. The van der Waals surface area contributed by atoms with E-state index in [4.69, 9.17) is 0 Å². The molecule has 0 aliphatic rings. The van der Waals surface area contributed by atoms with E-state index in [9.17, 15) is 60.7 Å². The van der Waals surface area contributed by atoms with Crippen LogP contribution in [0, 0.1) is 0 Å². The number of benzene rings is 2. The molecule has 4 unspecified atom stereocenters. The van der Waals surface area contributed by atoms with Gasteiger partial charge in [-0.3, -0.25) is 19.4 Å². The second-order valence-corrected chi connectivity index (χ2v) is 9.41. The number of carboxylic acids is 2. The molecule has 14 nitrogen and oxygen atoms in total. The van der Waals surface area contributed by atoms with Crippen molar-refractivity contribution < 1.29 is 77.7 Å². The quantitative estimate of drug-likeness (QED) is 0.0885. The molecule has 0 aliphatic carbocycles. The number of aliphatic hydroxyl groups excluding tert-OH is 4. The first-order chi connectivity index (χ1) is 18.8. The zero-order valence-corrected chi connectivity index (χ0v) is 23.5. The Kier molecular flexibility index (Phi) is 13.8. The Morgan fingerprint density at radius 1 is 0.610 bits per heavy atom. The van der Waals surface area contributed by atoms with Crippen molar-refractivity contribution in [3.63, 3.8) is 0 Å². The molecule has 0 saturated heterocycles. The molecule has 4 atom stereocenters. The fraction of sp³-hybridized carbons (Fsp3) is 0.462. The third kappa shape index (κ3) is 8.44. The summed E-state index contributed by atoms with van der Waals surface area (Å²) < 4.78 is 0. The molecule has 2 rings (SSSR count). The van der Waals surface area contributed by atoms with E-state index in [1.807, 2.05) is 0 Å². The van der Waals surface area contributed by atoms with Gasteiger partial charge >= 0.3 is 29.0 Å².